The van der Waals surface area contributed by atoms with Gasteiger partial charge in [-0.25, -0.2) is 4.79 Å². The second kappa shape index (κ2) is 9.73. The molecule has 0 N–H and O–H groups in total. The molecule has 30 heavy (non-hydrogen) atoms. The van der Waals surface area contributed by atoms with Gasteiger partial charge in [-0.15, -0.1) is 0 Å². The molecule has 0 radical (unpaired) electrons. The summed E-state index contributed by atoms with van der Waals surface area (Å²) in [5, 5.41) is -0.572. The lowest BCUT2D eigenvalue weighted by molar-refractivity contribution is -0.145. The van der Waals surface area contributed by atoms with Crippen LogP contribution in [0.2, 0.25) is 0 Å². The second-order valence-electron chi connectivity index (χ2n) is 6.01. The lowest BCUT2D eigenvalue weighted by Gasteiger charge is -2.11. The van der Waals surface area contributed by atoms with E-state index in [4.69, 9.17) is 9.47 Å². The molecule has 0 aromatic heterocycles. The van der Waals surface area contributed by atoms with E-state index in [2.05, 4.69) is 15.9 Å². The first kappa shape index (κ1) is 21.8. The molecule has 2 aromatic carbocycles. The van der Waals surface area contributed by atoms with Gasteiger partial charge in [0.2, 0.25) is 0 Å². The maximum Gasteiger partial charge on any atom is 0.343 e. The third kappa shape index (κ3) is 5.17. The molecule has 1 saturated heterocycles. The average molecular weight is 490 g/mol. The van der Waals surface area contributed by atoms with Crippen molar-refractivity contribution in [3.8, 4) is 5.75 Å². The van der Waals surface area contributed by atoms with Crippen LogP contribution in [-0.4, -0.2) is 41.1 Å². The van der Waals surface area contributed by atoms with Gasteiger partial charge in [-0.3, -0.25) is 19.3 Å². The molecule has 0 bridgehead atoms. The number of hydrogen-bond acceptors (Lipinski definition) is 7. The highest BCUT2D eigenvalue weighted by molar-refractivity contribution is 9.10. The lowest BCUT2D eigenvalue weighted by atomic mass is 10.1. The predicted octanol–water partition coefficient (Wildman–Crippen LogP) is 4.27. The van der Waals surface area contributed by atoms with E-state index < -0.39 is 29.6 Å². The van der Waals surface area contributed by atoms with E-state index >= 15 is 0 Å². The van der Waals surface area contributed by atoms with Crippen LogP contribution in [0.1, 0.15) is 22.8 Å². The maximum atomic E-state index is 12.6. The molecule has 1 fully saturated rings. The lowest BCUT2D eigenvalue weighted by Crippen LogP contribution is -2.34. The molecule has 154 valence electrons. The zero-order valence-corrected chi connectivity index (χ0v) is 18.2. The predicted molar refractivity (Wildman–Crippen MR) is 115 cm³/mol. The van der Waals surface area contributed by atoms with Crippen molar-refractivity contribution in [2.45, 2.75) is 6.92 Å². The van der Waals surface area contributed by atoms with Crippen molar-refractivity contribution in [3.63, 3.8) is 0 Å². The number of benzene rings is 2. The summed E-state index contributed by atoms with van der Waals surface area (Å²) >= 11 is 4.05. The van der Waals surface area contributed by atoms with Crippen LogP contribution in [-0.2, 0) is 14.3 Å². The molecule has 0 aliphatic carbocycles. The molecular formula is C21H16BrNO6S. The molecule has 2 amide bonds. The number of halogens is 1. The van der Waals surface area contributed by atoms with Crippen LogP contribution < -0.4 is 4.74 Å². The molecule has 0 saturated carbocycles. The number of carbonyl (C=O) groups is 4. The third-order valence-corrected chi connectivity index (χ3v) is 5.34. The Labute approximate surface area is 185 Å². The van der Waals surface area contributed by atoms with Gasteiger partial charge in [-0.05, 0) is 55.1 Å². The topological polar surface area (TPSA) is 90.0 Å². The molecule has 0 unspecified atom stereocenters. The van der Waals surface area contributed by atoms with Gasteiger partial charge in [0.25, 0.3) is 11.1 Å². The van der Waals surface area contributed by atoms with Crippen molar-refractivity contribution in [1.82, 2.24) is 4.90 Å². The van der Waals surface area contributed by atoms with E-state index in [1.165, 1.54) is 6.08 Å². The average Bonchev–Trinajstić information content (AvgIpc) is 2.98. The number of carbonyl (C=O) groups excluding carboxylic acids is 4. The molecule has 1 aliphatic rings. The van der Waals surface area contributed by atoms with Gasteiger partial charge >= 0.3 is 11.9 Å². The number of nitrogens with zero attached hydrogens (tertiary/aromatic N) is 1. The van der Waals surface area contributed by atoms with Crippen LogP contribution in [0.4, 0.5) is 4.79 Å². The number of thioether (sulfide) groups is 1. The van der Waals surface area contributed by atoms with Crippen LogP contribution in [0.5, 0.6) is 5.75 Å². The van der Waals surface area contributed by atoms with Gasteiger partial charge < -0.3 is 9.47 Å². The molecular weight excluding hydrogens is 474 g/mol. The molecule has 1 aliphatic heterocycles. The van der Waals surface area contributed by atoms with E-state index in [1.807, 2.05) is 0 Å². The standard InChI is InChI=1S/C21H16BrNO6S/c1-2-28-18(24)12-23-19(25)17(30-21(23)27)11-14-10-15(22)8-9-16(14)29-20(26)13-6-4-3-5-7-13/h3-11H,2,12H2,1H3/b17-11-. The van der Waals surface area contributed by atoms with E-state index in [0.717, 1.165) is 4.90 Å². The smallest absolute Gasteiger partial charge is 0.343 e. The molecule has 7 nitrogen and oxygen atoms in total. The molecule has 9 heteroatoms. The van der Waals surface area contributed by atoms with Crippen molar-refractivity contribution < 1.29 is 28.7 Å². The van der Waals surface area contributed by atoms with Gasteiger partial charge in [0.1, 0.15) is 12.3 Å². The van der Waals surface area contributed by atoms with E-state index in [9.17, 15) is 19.2 Å². The summed E-state index contributed by atoms with van der Waals surface area (Å²) in [6.45, 7) is 1.33. The van der Waals surface area contributed by atoms with Gasteiger partial charge in [0, 0.05) is 10.0 Å². The first-order valence-electron chi connectivity index (χ1n) is 8.86. The first-order valence-corrected chi connectivity index (χ1v) is 10.5. The van der Waals surface area contributed by atoms with E-state index in [-0.39, 0.29) is 17.3 Å². The highest BCUT2D eigenvalue weighted by atomic mass is 79.9. The minimum Gasteiger partial charge on any atom is -0.465 e. The van der Waals surface area contributed by atoms with Gasteiger partial charge in [0.15, 0.2) is 0 Å². The largest absolute Gasteiger partial charge is 0.465 e. The summed E-state index contributed by atoms with van der Waals surface area (Å²) in [6.07, 6.45) is 1.45. The fourth-order valence-electron chi connectivity index (χ4n) is 2.57. The molecule has 0 spiro atoms. The number of imide groups is 1. The Morgan fingerprint density at radius 3 is 2.57 bits per heavy atom. The fraction of sp³-hybridized carbons (Fsp3) is 0.143. The van der Waals surface area contributed by atoms with Crippen molar-refractivity contribution in [3.05, 3.63) is 69.0 Å². The zero-order valence-electron chi connectivity index (χ0n) is 15.8. The molecule has 1 heterocycles. The zero-order chi connectivity index (χ0) is 21.7. The van der Waals surface area contributed by atoms with Crippen molar-refractivity contribution in [2.24, 2.45) is 0 Å². The number of amides is 2. The SMILES string of the molecule is CCOC(=O)CN1C(=O)S/C(=C\c2cc(Br)ccc2OC(=O)c2ccccc2)C1=O. The number of rotatable bonds is 6. The van der Waals surface area contributed by atoms with Crippen LogP contribution in [0.3, 0.4) is 0 Å². The summed E-state index contributed by atoms with van der Waals surface area (Å²) in [7, 11) is 0. The number of ether oxygens (including phenoxy) is 2. The summed E-state index contributed by atoms with van der Waals surface area (Å²) in [5.74, 6) is -1.61. The van der Waals surface area contributed by atoms with Crippen molar-refractivity contribution >= 4 is 56.9 Å². The van der Waals surface area contributed by atoms with Gasteiger partial charge in [-0.2, -0.15) is 0 Å². The Morgan fingerprint density at radius 2 is 1.87 bits per heavy atom. The highest BCUT2D eigenvalue weighted by Crippen LogP contribution is 2.35. The summed E-state index contributed by atoms with van der Waals surface area (Å²) in [6, 6.07) is 13.4. The van der Waals surface area contributed by atoms with Crippen LogP contribution in [0.15, 0.2) is 57.9 Å². The summed E-state index contributed by atoms with van der Waals surface area (Å²) in [4.78, 5) is 49.7. The van der Waals surface area contributed by atoms with E-state index in [1.54, 1.807) is 55.5 Å². The summed E-state index contributed by atoms with van der Waals surface area (Å²) < 4.78 is 11.0. The van der Waals surface area contributed by atoms with Crippen molar-refractivity contribution in [1.29, 1.82) is 0 Å². The minimum absolute atomic E-state index is 0.111. The fourth-order valence-corrected chi connectivity index (χ4v) is 3.78. The Kier molecular flexibility index (Phi) is 7.07. The Bertz CT molecular complexity index is 1040. The quantitative estimate of drug-likeness (QED) is 0.340. The van der Waals surface area contributed by atoms with Crippen LogP contribution in [0.25, 0.3) is 6.08 Å². The molecule has 3 rings (SSSR count). The van der Waals surface area contributed by atoms with Crippen molar-refractivity contribution in [2.75, 3.05) is 13.2 Å². The third-order valence-electron chi connectivity index (χ3n) is 3.94. The monoisotopic (exact) mass is 489 g/mol. The number of esters is 2. The Hall–Kier alpha value is -2.91. The van der Waals surface area contributed by atoms with Gasteiger partial charge in [-0.1, -0.05) is 34.1 Å². The first-order chi connectivity index (χ1) is 14.4. The van der Waals surface area contributed by atoms with Gasteiger partial charge in [0.05, 0.1) is 17.1 Å². The molecule has 0 atom stereocenters. The highest BCUT2D eigenvalue weighted by Gasteiger charge is 2.36. The van der Waals surface area contributed by atoms with E-state index in [0.29, 0.717) is 27.4 Å². The molecule has 2 aromatic rings. The summed E-state index contributed by atoms with van der Waals surface area (Å²) in [5.41, 5.74) is 0.802. The minimum atomic E-state index is -0.666. The van der Waals surface area contributed by atoms with Crippen LogP contribution >= 0.6 is 27.7 Å². The number of hydrogen-bond donors (Lipinski definition) is 0. The maximum absolute atomic E-state index is 12.6. The normalized spacial score (nSPS) is 14.9. The van der Waals surface area contributed by atoms with Crippen LogP contribution in [0, 0.1) is 0 Å². The Balaban J connectivity index is 1.85. The second-order valence-corrected chi connectivity index (χ2v) is 7.92. The Morgan fingerprint density at radius 1 is 1.13 bits per heavy atom.